The first kappa shape index (κ1) is 13.9. The van der Waals surface area contributed by atoms with Gasteiger partial charge in [0.25, 0.3) is 5.56 Å². The second-order valence-corrected chi connectivity index (χ2v) is 5.22. The molecule has 0 aliphatic rings. The molecule has 7 heteroatoms. The smallest absolute Gasteiger partial charge is 0.273 e. The van der Waals surface area contributed by atoms with E-state index in [9.17, 15) is 4.79 Å². The minimum atomic E-state index is -0.212. The fourth-order valence-electron chi connectivity index (χ4n) is 1.27. The van der Waals surface area contributed by atoms with Crippen LogP contribution in [-0.2, 0) is 0 Å². The second kappa shape index (κ2) is 6.58. The maximum Gasteiger partial charge on any atom is 0.273 e. The molecule has 0 fully saturated rings. The van der Waals surface area contributed by atoms with Crippen molar-refractivity contribution in [2.45, 2.75) is 12.1 Å². The molecule has 1 N–H and O–H groups in total. The Kier molecular flexibility index (Phi) is 4.81. The van der Waals surface area contributed by atoms with Gasteiger partial charge in [-0.1, -0.05) is 23.4 Å². The molecule has 0 amide bonds. The number of aryl methyl sites for hydroxylation is 1. The molecule has 0 spiro atoms. The predicted molar refractivity (Wildman–Crippen MR) is 75.1 cm³/mol. The van der Waals surface area contributed by atoms with Gasteiger partial charge in [0.1, 0.15) is 11.4 Å². The molecule has 100 valence electrons. The quantitative estimate of drug-likeness (QED) is 0.677. The average molecular weight is 298 g/mol. The number of ether oxygens (including phenoxy) is 1. The lowest BCUT2D eigenvalue weighted by Gasteiger charge is -2.05. The van der Waals surface area contributed by atoms with E-state index in [-0.39, 0.29) is 5.56 Å². The predicted octanol–water partition coefficient (Wildman–Crippen LogP) is 2.30. The molecule has 1 aromatic heterocycles. The largest absolute Gasteiger partial charge is 0.493 e. The van der Waals surface area contributed by atoms with Gasteiger partial charge in [0.2, 0.25) is 0 Å². The summed E-state index contributed by atoms with van der Waals surface area (Å²) in [4.78, 5) is 14.0. The van der Waals surface area contributed by atoms with Crippen molar-refractivity contribution in [3.8, 4) is 5.75 Å². The van der Waals surface area contributed by atoms with Crippen LogP contribution in [0.2, 0.25) is 5.02 Å². The molecule has 1 aromatic carbocycles. The Morgan fingerprint density at radius 3 is 2.74 bits per heavy atom. The summed E-state index contributed by atoms with van der Waals surface area (Å²) >= 11 is 7.16. The highest BCUT2D eigenvalue weighted by atomic mass is 35.5. The highest BCUT2D eigenvalue weighted by molar-refractivity contribution is 7.99. The van der Waals surface area contributed by atoms with E-state index in [4.69, 9.17) is 16.3 Å². The summed E-state index contributed by atoms with van der Waals surface area (Å²) in [6, 6.07) is 7.15. The molecule has 0 atom stereocenters. The van der Waals surface area contributed by atoms with Gasteiger partial charge in [0, 0.05) is 10.8 Å². The number of aromatic amines is 1. The zero-order valence-electron chi connectivity index (χ0n) is 10.2. The topological polar surface area (TPSA) is 67.9 Å². The van der Waals surface area contributed by atoms with E-state index in [2.05, 4.69) is 15.2 Å². The Hall–Kier alpha value is -1.53. The van der Waals surface area contributed by atoms with E-state index in [1.165, 1.54) is 11.8 Å². The third kappa shape index (κ3) is 4.25. The number of H-pyrrole nitrogens is 1. The number of thioether (sulfide) groups is 1. The molecule has 0 radical (unpaired) electrons. The molecule has 0 aliphatic carbocycles. The maximum atomic E-state index is 11.3. The lowest BCUT2D eigenvalue weighted by atomic mass is 10.3. The second-order valence-electron chi connectivity index (χ2n) is 3.70. The van der Waals surface area contributed by atoms with Crippen molar-refractivity contribution < 1.29 is 4.74 Å². The van der Waals surface area contributed by atoms with Gasteiger partial charge in [-0.05, 0) is 31.2 Å². The van der Waals surface area contributed by atoms with Crippen LogP contribution >= 0.6 is 23.4 Å². The van der Waals surface area contributed by atoms with Gasteiger partial charge in [0.15, 0.2) is 5.16 Å². The summed E-state index contributed by atoms with van der Waals surface area (Å²) in [5, 5.41) is 8.81. The Morgan fingerprint density at radius 1 is 1.32 bits per heavy atom. The van der Waals surface area contributed by atoms with Crippen LogP contribution in [0.1, 0.15) is 5.69 Å². The van der Waals surface area contributed by atoms with Crippen LogP contribution in [0.5, 0.6) is 5.75 Å². The normalized spacial score (nSPS) is 10.4. The summed E-state index contributed by atoms with van der Waals surface area (Å²) in [6.07, 6.45) is 0. The standard InChI is InChI=1S/C12H12ClN3O2S/c1-8-11(17)14-12(16-15-8)19-7-6-18-10-4-2-9(13)3-5-10/h2-5H,6-7H2,1H3,(H,14,16,17). The lowest BCUT2D eigenvalue weighted by molar-refractivity contribution is 0.344. The van der Waals surface area contributed by atoms with Crippen LogP contribution in [0.15, 0.2) is 34.2 Å². The van der Waals surface area contributed by atoms with Crippen molar-refractivity contribution in [1.29, 1.82) is 0 Å². The highest BCUT2D eigenvalue weighted by Crippen LogP contribution is 2.16. The van der Waals surface area contributed by atoms with Gasteiger partial charge in [-0.2, -0.15) is 0 Å². The first-order chi connectivity index (χ1) is 9.15. The van der Waals surface area contributed by atoms with E-state index >= 15 is 0 Å². The fraction of sp³-hybridized carbons (Fsp3) is 0.250. The Balaban J connectivity index is 1.79. The van der Waals surface area contributed by atoms with Gasteiger partial charge in [-0.25, -0.2) is 0 Å². The van der Waals surface area contributed by atoms with Crippen LogP contribution in [0.25, 0.3) is 0 Å². The van der Waals surface area contributed by atoms with Gasteiger partial charge < -0.3 is 4.74 Å². The van der Waals surface area contributed by atoms with Crippen LogP contribution in [-0.4, -0.2) is 27.5 Å². The van der Waals surface area contributed by atoms with E-state index in [1.54, 1.807) is 31.2 Å². The Morgan fingerprint density at radius 2 is 2.05 bits per heavy atom. The van der Waals surface area contributed by atoms with Crippen LogP contribution in [0.4, 0.5) is 0 Å². The summed E-state index contributed by atoms with van der Waals surface area (Å²) < 4.78 is 5.52. The molecule has 2 rings (SSSR count). The number of hydrogen-bond donors (Lipinski definition) is 1. The van der Waals surface area contributed by atoms with Crippen molar-refractivity contribution in [3.05, 3.63) is 45.3 Å². The van der Waals surface area contributed by atoms with Crippen molar-refractivity contribution in [1.82, 2.24) is 15.2 Å². The monoisotopic (exact) mass is 297 g/mol. The molecule has 19 heavy (non-hydrogen) atoms. The van der Waals surface area contributed by atoms with Crippen molar-refractivity contribution >= 4 is 23.4 Å². The third-order valence-electron chi connectivity index (χ3n) is 2.24. The lowest BCUT2D eigenvalue weighted by Crippen LogP contribution is -2.14. The zero-order chi connectivity index (χ0) is 13.7. The van der Waals surface area contributed by atoms with Gasteiger partial charge in [-0.3, -0.25) is 9.78 Å². The van der Waals surface area contributed by atoms with E-state index in [0.717, 1.165) is 5.75 Å². The van der Waals surface area contributed by atoms with Crippen LogP contribution in [0.3, 0.4) is 0 Å². The zero-order valence-corrected chi connectivity index (χ0v) is 11.8. The molecule has 0 bridgehead atoms. The highest BCUT2D eigenvalue weighted by Gasteiger charge is 2.01. The summed E-state index contributed by atoms with van der Waals surface area (Å²) in [6.45, 7) is 2.12. The van der Waals surface area contributed by atoms with Crippen molar-refractivity contribution in [2.24, 2.45) is 0 Å². The molecule has 2 aromatic rings. The van der Waals surface area contributed by atoms with Gasteiger partial charge in [-0.15, -0.1) is 10.2 Å². The molecule has 1 heterocycles. The fourth-order valence-corrected chi connectivity index (χ4v) is 2.02. The molecular formula is C12H12ClN3O2S. The molecule has 5 nitrogen and oxygen atoms in total. The maximum absolute atomic E-state index is 11.3. The van der Waals surface area contributed by atoms with Gasteiger partial charge in [0.05, 0.1) is 6.61 Å². The summed E-state index contributed by atoms with van der Waals surface area (Å²) in [7, 11) is 0. The number of nitrogens with one attached hydrogen (secondary N) is 1. The van der Waals surface area contributed by atoms with Crippen LogP contribution in [0, 0.1) is 6.92 Å². The minimum absolute atomic E-state index is 0.212. The number of nitrogens with zero attached hydrogens (tertiary/aromatic N) is 2. The molecule has 0 saturated heterocycles. The van der Waals surface area contributed by atoms with Crippen molar-refractivity contribution in [3.63, 3.8) is 0 Å². The Bertz CT molecular complexity index is 601. The first-order valence-electron chi connectivity index (χ1n) is 5.60. The molecule has 0 unspecified atom stereocenters. The number of benzene rings is 1. The van der Waals surface area contributed by atoms with Crippen molar-refractivity contribution in [2.75, 3.05) is 12.4 Å². The van der Waals surface area contributed by atoms with Crippen LogP contribution < -0.4 is 10.3 Å². The number of aromatic nitrogens is 3. The minimum Gasteiger partial charge on any atom is -0.493 e. The average Bonchev–Trinajstić information content (AvgIpc) is 2.41. The van der Waals surface area contributed by atoms with E-state index < -0.39 is 0 Å². The molecule has 0 aliphatic heterocycles. The Labute approximate surface area is 119 Å². The SMILES string of the molecule is Cc1nnc(SCCOc2ccc(Cl)cc2)[nH]c1=O. The number of hydrogen-bond acceptors (Lipinski definition) is 5. The number of halogens is 1. The first-order valence-corrected chi connectivity index (χ1v) is 6.96. The molecule has 0 saturated carbocycles. The summed E-state index contributed by atoms with van der Waals surface area (Å²) in [5.41, 5.74) is 0.151. The molecular weight excluding hydrogens is 286 g/mol. The summed E-state index contributed by atoms with van der Waals surface area (Å²) in [5.74, 6) is 1.42. The third-order valence-corrected chi connectivity index (χ3v) is 3.32. The van der Waals surface area contributed by atoms with E-state index in [0.29, 0.717) is 28.2 Å². The van der Waals surface area contributed by atoms with E-state index in [1.807, 2.05) is 0 Å². The van der Waals surface area contributed by atoms with Gasteiger partial charge >= 0.3 is 0 Å². The number of rotatable bonds is 5.